The standard InChI is InChI=1S/C9H8N4O2/c10-6-1-2-8(11-3-6)9(14)13-7-4-12-15-5-7/h1-5H,10H2,(H,13,14). The number of nitrogens with zero attached hydrogens (tertiary/aromatic N) is 2. The maximum absolute atomic E-state index is 11.5. The summed E-state index contributed by atoms with van der Waals surface area (Å²) in [4.78, 5) is 15.4. The predicted molar refractivity (Wildman–Crippen MR) is 53.1 cm³/mol. The van der Waals surface area contributed by atoms with Gasteiger partial charge in [-0.3, -0.25) is 4.79 Å². The molecule has 2 heterocycles. The van der Waals surface area contributed by atoms with Crippen molar-refractivity contribution < 1.29 is 9.32 Å². The Labute approximate surface area is 85.1 Å². The maximum Gasteiger partial charge on any atom is 0.274 e. The number of amides is 1. The fourth-order valence-corrected chi connectivity index (χ4v) is 1.00. The number of carbonyl (C=O) groups excluding carboxylic acids is 1. The van der Waals surface area contributed by atoms with Gasteiger partial charge in [-0.2, -0.15) is 0 Å². The van der Waals surface area contributed by atoms with Gasteiger partial charge in [0.25, 0.3) is 5.91 Å². The van der Waals surface area contributed by atoms with Crippen LogP contribution in [0.4, 0.5) is 11.4 Å². The van der Waals surface area contributed by atoms with Crippen LogP contribution < -0.4 is 11.1 Å². The summed E-state index contributed by atoms with van der Waals surface area (Å²) in [5.41, 5.74) is 6.72. The zero-order chi connectivity index (χ0) is 10.7. The summed E-state index contributed by atoms with van der Waals surface area (Å²) in [7, 11) is 0. The minimum atomic E-state index is -0.335. The first kappa shape index (κ1) is 9.20. The van der Waals surface area contributed by atoms with Crippen molar-refractivity contribution in [2.45, 2.75) is 0 Å². The topological polar surface area (TPSA) is 94.0 Å². The molecule has 0 bridgehead atoms. The Morgan fingerprint density at radius 1 is 1.40 bits per heavy atom. The molecule has 6 nitrogen and oxygen atoms in total. The molecule has 0 saturated carbocycles. The van der Waals surface area contributed by atoms with Gasteiger partial charge in [-0.15, -0.1) is 0 Å². The van der Waals surface area contributed by atoms with Gasteiger partial charge >= 0.3 is 0 Å². The van der Waals surface area contributed by atoms with E-state index in [1.807, 2.05) is 0 Å². The van der Waals surface area contributed by atoms with Crippen LogP contribution in [0, 0.1) is 0 Å². The molecule has 0 unspecified atom stereocenters. The third kappa shape index (κ3) is 2.11. The van der Waals surface area contributed by atoms with Crippen molar-refractivity contribution in [2.24, 2.45) is 0 Å². The van der Waals surface area contributed by atoms with Crippen LogP contribution in [0.25, 0.3) is 0 Å². The predicted octanol–water partition coefficient (Wildman–Crippen LogP) is 0.904. The summed E-state index contributed by atoms with van der Waals surface area (Å²) < 4.78 is 4.57. The summed E-state index contributed by atoms with van der Waals surface area (Å²) in [6.45, 7) is 0. The molecule has 2 aromatic rings. The number of carbonyl (C=O) groups is 1. The van der Waals surface area contributed by atoms with Crippen molar-refractivity contribution in [1.82, 2.24) is 10.1 Å². The average Bonchev–Trinajstić information content (AvgIpc) is 2.71. The molecule has 15 heavy (non-hydrogen) atoms. The first-order valence-electron chi connectivity index (χ1n) is 4.18. The van der Waals surface area contributed by atoms with Crippen LogP contribution in [0.5, 0.6) is 0 Å². The number of anilines is 2. The second-order valence-corrected chi connectivity index (χ2v) is 2.84. The average molecular weight is 204 g/mol. The lowest BCUT2D eigenvalue weighted by molar-refractivity contribution is 0.102. The van der Waals surface area contributed by atoms with Gasteiger partial charge in [0.05, 0.1) is 18.1 Å². The molecule has 0 aliphatic carbocycles. The quantitative estimate of drug-likeness (QED) is 0.758. The lowest BCUT2D eigenvalue weighted by Crippen LogP contribution is -2.13. The fourth-order valence-electron chi connectivity index (χ4n) is 1.00. The maximum atomic E-state index is 11.5. The normalized spacial score (nSPS) is 9.87. The third-order valence-corrected chi connectivity index (χ3v) is 1.71. The fraction of sp³-hybridized carbons (Fsp3) is 0. The molecule has 0 radical (unpaired) electrons. The highest BCUT2D eigenvalue weighted by molar-refractivity contribution is 6.02. The molecule has 0 atom stereocenters. The molecule has 76 valence electrons. The van der Waals surface area contributed by atoms with E-state index in [9.17, 15) is 4.79 Å². The molecule has 0 spiro atoms. The SMILES string of the molecule is Nc1ccc(C(=O)Nc2cnoc2)nc1. The minimum absolute atomic E-state index is 0.283. The van der Waals surface area contributed by atoms with Crippen LogP contribution in [0.2, 0.25) is 0 Å². The Morgan fingerprint density at radius 3 is 2.87 bits per heavy atom. The van der Waals surface area contributed by atoms with E-state index >= 15 is 0 Å². The first-order valence-corrected chi connectivity index (χ1v) is 4.18. The lowest BCUT2D eigenvalue weighted by atomic mass is 10.3. The Bertz CT molecular complexity index is 449. The van der Waals surface area contributed by atoms with Crippen LogP contribution in [-0.2, 0) is 0 Å². The number of nitrogens with two attached hydrogens (primary N) is 1. The Morgan fingerprint density at radius 2 is 2.27 bits per heavy atom. The summed E-state index contributed by atoms with van der Waals surface area (Å²) in [6, 6.07) is 3.15. The van der Waals surface area contributed by atoms with E-state index in [2.05, 4.69) is 20.0 Å². The molecular formula is C9H8N4O2. The molecule has 0 aliphatic heterocycles. The number of pyridine rings is 1. The van der Waals surface area contributed by atoms with Gasteiger partial charge in [0.2, 0.25) is 0 Å². The second kappa shape index (κ2) is 3.79. The Kier molecular flexibility index (Phi) is 2.32. The summed E-state index contributed by atoms with van der Waals surface area (Å²) in [5.74, 6) is -0.335. The van der Waals surface area contributed by atoms with E-state index in [4.69, 9.17) is 5.73 Å². The molecule has 1 amide bonds. The van der Waals surface area contributed by atoms with E-state index in [-0.39, 0.29) is 11.6 Å². The number of aromatic nitrogens is 2. The van der Waals surface area contributed by atoms with Crippen LogP contribution in [0.3, 0.4) is 0 Å². The molecule has 6 heteroatoms. The van der Waals surface area contributed by atoms with Crippen LogP contribution in [-0.4, -0.2) is 16.0 Å². The van der Waals surface area contributed by atoms with E-state index in [0.29, 0.717) is 11.4 Å². The Balaban J connectivity index is 2.11. The number of nitrogen functional groups attached to an aromatic ring is 1. The third-order valence-electron chi connectivity index (χ3n) is 1.71. The first-order chi connectivity index (χ1) is 7.25. The Hall–Kier alpha value is -2.37. The van der Waals surface area contributed by atoms with Gasteiger partial charge in [-0.25, -0.2) is 4.98 Å². The molecule has 2 rings (SSSR count). The number of nitrogens with one attached hydrogen (secondary N) is 1. The lowest BCUT2D eigenvalue weighted by Gasteiger charge is -2.00. The van der Waals surface area contributed by atoms with E-state index in [1.54, 1.807) is 6.07 Å². The summed E-state index contributed by atoms with van der Waals surface area (Å²) in [6.07, 6.45) is 4.15. The molecule has 0 saturated heterocycles. The van der Waals surface area contributed by atoms with Gasteiger partial charge in [0, 0.05) is 0 Å². The molecule has 0 aliphatic rings. The van der Waals surface area contributed by atoms with Crippen molar-refractivity contribution in [3.05, 3.63) is 36.5 Å². The highest BCUT2D eigenvalue weighted by Gasteiger charge is 2.07. The van der Waals surface area contributed by atoms with Gasteiger partial charge in [-0.05, 0) is 12.1 Å². The highest BCUT2D eigenvalue weighted by atomic mass is 16.5. The smallest absolute Gasteiger partial charge is 0.274 e. The van der Waals surface area contributed by atoms with E-state index in [0.717, 1.165) is 0 Å². The van der Waals surface area contributed by atoms with Crippen molar-refractivity contribution in [3.8, 4) is 0 Å². The summed E-state index contributed by atoms with van der Waals surface area (Å²) in [5, 5.41) is 6.01. The van der Waals surface area contributed by atoms with Gasteiger partial charge in [0.15, 0.2) is 0 Å². The van der Waals surface area contributed by atoms with Crippen molar-refractivity contribution in [1.29, 1.82) is 0 Å². The van der Waals surface area contributed by atoms with Crippen molar-refractivity contribution >= 4 is 17.3 Å². The molecular weight excluding hydrogens is 196 g/mol. The number of hydrogen-bond donors (Lipinski definition) is 2. The molecule has 0 fully saturated rings. The second-order valence-electron chi connectivity index (χ2n) is 2.84. The highest BCUT2D eigenvalue weighted by Crippen LogP contribution is 2.07. The van der Waals surface area contributed by atoms with Crippen LogP contribution >= 0.6 is 0 Å². The van der Waals surface area contributed by atoms with Crippen molar-refractivity contribution in [3.63, 3.8) is 0 Å². The monoisotopic (exact) mass is 204 g/mol. The molecule has 0 aromatic carbocycles. The molecule has 2 aromatic heterocycles. The zero-order valence-corrected chi connectivity index (χ0v) is 7.68. The minimum Gasteiger partial charge on any atom is -0.397 e. The van der Waals surface area contributed by atoms with E-state index in [1.165, 1.54) is 24.7 Å². The van der Waals surface area contributed by atoms with Crippen LogP contribution in [0.15, 0.2) is 35.3 Å². The van der Waals surface area contributed by atoms with Gasteiger partial charge < -0.3 is 15.6 Å². The van der Waals surface area contributed by atoms with Gasteiger partial charge in [0.1, 0.15) is 17.6 Å². The van der Waals surface area contributed by atoms with Crippen LogP contribution in [0.1, 0.15) is 10.5 Å². The van der Waals surface area contributed by atoms with E-state index < -0.39 is 0 Å². The van der Waals surface area contributed by atoms with Gasteiger partial charge in [-0.1, -0.05) is 5.16 Å². The number of rotatable bonds is 2. The molecule has 3 N–H and O–H groups in total. The largest absolute Gasteiger partial charge is 0.397 e. The zero-order valence-electron chi connectivity index (χ0n) is 7.68. The number of hydrogen-bond acceptors (Lipinski definition) is 5. The van der Waals surface area contributed by atoms with Crippen molar-refractivity contribution in [2.75, 3.05) is 11.1 Å². The summed E-state index contributed by atoms with van der Waals surface area (Å²) >= 11 is 0.